The molecule has 100 valence electrons. The van der Waals surface area contributed by atoms with Crippen LogP contribution in [0, 0.1) is 0 Å². The van der Waals surface area contributed by atoms with Gasteiger partial charge in [0.25, 0.3) is 5.91 Å². The number of aromatic nitrogens is 1. The molecular weight excluding hydrogens is 240 g/mol. The third-order valence-electron chi connectivity index (χ3n) is 3.09. The van der Waals surface area contributed by atoms with Crippen molar-refractivity contribution in [3.63, 3.8) is 0 Å². The molecular formula is C15H18N2O2. The van der Waals surface area contributed by atoms with Crippen LogP contribution in [0.5, 0.6) is 0 Å². The molecule has 1 aromatic heterocycles. The maximum Gasteiger partial charge on any atom is 0.256 e. The van der Waals surface area contributed by atoms with Crippen LogP contribution in [-0.4, -0.2) is 40.1 Å². The Balaban J connectivity index is 2.45. The van der Waals surface area contributed by atoms with E-state index >= 15 is 0 Å². The van der Waals surface area contributed by atoms with E-state index in [0.29, 0.717) is 17.6 Å². The number of rotatable bonds is 4. The van der Waals surface area contributed by atoms with Gasteiger partial charge in [-0.1, -0.05) is 18.2 Å². The monoisotopic (exact) mass is 258 g/mol. The molecule has 0 unspecified atom stereocenters. The number of fused-ring (bicyclic) bond motifs is 1. The molecule has 19 heavy (non-hydrogen) atoms. The van der Waals surface area contributed by atoms with E-state index in [2.05, 4.69) is 4.98 Å². The number of nitrogens with zero attached hydrogens (tertiary/aromatic N) is 2. The van der Waals surface area contributed by atoms with Crippen molar-refractivity contribution in [1.82, 2.24) is 9.88 Å². The van der Waals surface area contributed by atoms with Crippen LogP contribution in [-0.2, 0) is 0 Å². The van der Waals surface area contributed by atoms with E-state index in [9.17, 15) is 4.79 Å². The summed E-state index contributed by atoms with van der Waals surface area (Å²) in [5, 5.41) is 10.0. The second kappa shape index (κ2) is 5.80. The first-order valence-electron chi connectivity index (χ1n) is 6.40. The molecule has 4 nitrogen and oxygen atoms in total. The highest BCUT2D eigenvalue weighted by Crippen LogP contribution is 2.18. The van der Waals surface area contributed by atoms with Gasteiger partial charge in [-0.2, -0.15) is 0 Å². The number of benzene rings is 1. The van der Waals surface area contributed by atoms with E-state index in [1.165, 1.54) is 0 Å². The van der Waals surface area contributed by atoms with Gasteiger partial charge in [0.2, 0.25) is 0 Å². The molecule has 0 radical (unpaired) electrons. The van der Waals surface area contributed by atoms with Crippen molar-refractivity contribution in [2.24, 2.45) is 0 Å². The lowest BCUT2D eigenvalue weighted by Crippen LogP contribution is -2.39. The van der Waals surface area contributed by atoms with Gasteiger partial charge >= 0.3 is 0 Å². The molecule has 2 rings (SSSR count). The zero-order valence-electron chi connectivity index (χ0n) is 11.2. The molecule has 1 aromatic carbocycles. The van der Waals surface area contributed by atoms with E-state index in [1.54, 1.807) is 17.2 Å². The molecule has 0 saturated heterocycles. The standard InChI is InChI=1S/C15H18N2O2/c1-11(2)17(9-10-18)15(19)13-7-3-5-12-6-4-8-16-14(12)13/h3-8,11,18H,9-10H2,1-2H3. The van der Waals surface area contributed by atoms with Crippen LogP contribution in [0.2, 0.25) is 0 Å². The Hall–Kier alpha value is -1.94. The molecule has 0 saturated carbocycles. The van der Waals surface area contributed by atoms with Gasteiger partial charge in [0.15, 0.2) is 0 Å². The fraction of sp³-hybridized carbons (Fsp3) is 0.333. The SMILES string of the molecule is CC(C)N(CCO)C(=O)c1cccc2cccnc12. The van der Waals surface area contributed by atoms with Crippen molar-refractivity contribution < 1.29 is 9.90 Å². The van der Waals surface area contributed by atoms with E-state index in [4.69, 9.17) is 5.11 Å². The van der Waals surface area contributed by atoms with Gasteiger partial charge < -0.3 is 10.0 Å². The first kappa shape index (κ1) is 13.5. The van der Waals surface area contributed by atoms with Crippen LogP contribution < -0.4 is 0 Å². The fourth-order valence-electron chi connectivity index (χ4n) is 2.13. The summed E-state index contributed by atoms with van der Waals surface area (Å²) in [6.07, 6.45) is 1.69. The number of para-hydroxylation sites is 1. The molecule has 0 atom stereocenters. The molecule has 2 aromatic rings. The van der Waals surface area contributed by atoms with Gasteiger partial charge in [-0.15, -0.1) is 0 Å². The Kier molecular flexibility index (Phi) is 4.12. The minimum absolute atomic E-state index is 0.0396. The second-order valence-electron chi connectivity index (χ2n) is 4.70. The van der Waals surface area contributed by atoms with Gasteiger partial charge in [-0.3, -0.25) is 9.78 Å². The number of pyridine rings is 1. The third kappa shape index (κ3) is 2.74. The Labute approximate surface area is 112 Å². The fourth-order valence-corrected chi connectivity index (χ4v) is 2.13. The number of amides is 1. The maximum absolute atomic E-state index is 12.6. The molecule has 0 fully saturated rings. The summed E-state index contributed by atoms with van der Waals surface area (Å²) in [5.74, 6) is -0.0895. The zero-order valence-corrected chi connectivity index (χ0v) is 11.2. The molecule has 1 amide bonds. The Bertz CT molecular complexity index is 576. The lowest BCUT2D eigenvalue weighted by Gasteiger charge is -2.26. The number of aliphatic hydroxyl groups is 1. The van der Waals surface area contributed by atoms with Crippen molar-refractivity contribution in [1.29, 1.82) is 0 Å². The quantitative estimate of drug-likeness (QED) is 0.913. The molecule has 0 aliphatic heterocycles. The Morgan fingerprint density at radius 1 is 1.32 bits per heavy atom. The molecule has 4 heteroatoms. The summed E-state index contributed by atoms with van der Waals surface area (Å²) in [5.41, 5.74) is 1.29. The molecule has 0 aliphatic rings. The first-order valence-corrected chi connectivity index (χ1v) is 6.40. The minimum atomic E-state index is -0.0895. The van der Waals surface area contributed by atoms with E-state index in [0.717, 1.165) is 5.39 Å². The summed E-state index contributed by atoms with van der Waals surface area (Å²) in [6, 6.07) is 9.40. The molecule has 0 bridgehead atoms. The van der Waals surface area contributed by atoms with Gasteiger partial charge in [-0.05, 0) is 26.0 Å². The van der Waals surface area contributed by atoms with Crippen molar-refractivity contribution in [2.75, 3.05) is 13.2 Å². The lowest BCUT2D eigenvalue weighted by molar-refractivity contribution is 0.0667. The second-order valence-corrected chi connectivity index (χ2v) is 4.70. The molecule has 1 N–H and O–H groups in total. The van der Waals surface area contributed by atoms with E-state index < -0.39 is 0 Å². The predicted octanol–water partition coefficient (Wildman–Crippen LogP) is 2.08. The normalized spacial score (nSPS) is 10.9. The van der Waals surface area contributed by atoms with E-state index in [-0.39, 0.29) is 18.6 Å². The van der Waals surface area contributed by atoms with Gasteiger partial charge in [0.05, 0.1) is 17.7 Å². The smallest absolute Gasteiger partial charge is 0.256 e. The molecule has 1 heterocycles. The number of aliphatic hydroxyl groups excluding tert-OH is 1. The minimum Gasteiger partial charge on any atom is -0.395 e. The van der Waals surface area contributed by atoms with Crippen LogP contribution in [0.4, 0.5) is 0 Å². The predicted molar refractivity (Wildman–Crippen MR) is 75.0 cm³/mol. The average Bonchev–Trinajstić information content (AvgIpc) is 2.43. The zero-order chi connectivity index (χ0) is 13.8. The summed E-state index contributed by atoms with van der Waals surface area (Å²) in [4.78, 5) is 18.5. The van der Waals surface area contributed by atoms with Gasteiger partial charge in [0.1, 0.15) is 0 Å². The highest BCUT2D eigenvalue weighted by Gasteiger charge is 2.20. The maximum atomic E-state index is 12.6. The molecule has 0 aliphatic carbocycles. The largest absolute Gasteiger partial charge is 0.395 e. The number of hydrogen-bond donors (Lipinski definition) is 1. The average molecular weight is 258 g/mol. The van der Waals surface area contributed by atoms with Crippen LogP contribution in [0.25, 0.3) is 10.9 Å². The van der Waals surface area contributed by atoms with Gasteiger partial charge in [0, 0.05) is 24.2 Å². The Morgan fingerprint density at radius 2 is 2.05 bits per heavy atom. The highest BCUT2D eigenvalue weighted by atomic mass is 16.3. The van der Waals surface area contributed by atoms with Crippen LogP contribution in [0.1, 0.15) is 24.2 Å². The van der Waals surface area contributed by atoms with Crippen molar-refractivity contribution in [2.45, 2.75) is 19.9 Å². The Morgan fingerprint density at radius 3 is 2.74 bits per heavy atom. The van der Waals surface area contributed by atoms with Crippen molar-refractivity contribution >= 4 is 16.8 Å². The first-order chi connectivity index (χ1) is 9.15. The summed E-state index contributed by atoms with van der Waals surface area (Å²) in [7, 11) is 0. The van der Waals surface area contributed by atoms with Crippen LogP contribution in [0.15, 0.2) is 36.5 Å². The summed E-state index contributed by atoms with van der Waals surface area (Å²) < 4.78 is 0. The van der Waals surface area contributed by atoms with Crippen molar-refractivity contribution in [3.8, 4) is 0 Å². The number of hydrogen-bond acceptors (Lipinski definition) is 3. The third-order valence-corrected chi connectivity index (χ3v) is 3.09. The van der Waals surface area contributed by atoms with Crippen molar-refractivity contribution in [3.05, 3.63) is 42.1 Å². The van der Waals surface area contributed by atoms with Crippen LogP contribution >= 0.6 is 0 Å². The lowest BCUT2D eigenvalue weighted by atomic mass is 10.1. The van der Waals surface area contributed by atoms with Gasteiger partial charge in [-0.25, -0.2) is 0 Å². The molecule has 0 spiro atoms. The summed E-state index contributed by atoms with van der Waals surface area (Å²) >= 11 is 0. The number of carbonyl (C=O) groups is 1. The topological polar surface area (TPSA) is 53.4 Å². The summed E-state index contributed by atoms with van der Waals surface area (Å²) in [6.45, 7) is 4.17. The highest BCUT2D eigenvalue weighted by molar-refractivity contribution is 6.05. The number of carbonyl (C=O) groups excluding carboxylic acids is 1. The van der Waals surface area contributed by atoms with Crippen LogP contribution in [0.3, 0.4) is 0 Å². The van der Waals surface area contributed by atoms with E-state index in [1.807, 2.05) is 38.1 Å².